The number of rotatable bonds is 6. The summed E-state index contributed by atoms with van der Waals surface area (Å²) in [6.07, 6.45) is 2.22. The van der Waals surface area contributed by atoms with Gasteiger partial charge in [0.1, 0.15) is 17.2 Å². The van der Waals surface area contributed by atoms with Gasteiger partial charge in [0.25, 0.3) is 5.91 Å². The minimum atomic E-state index is -4.72. The Morgan fingerprint density at radius 2 is 1.78 bits per heavy atom. The summed E-state index contributed by atoms with van der Waals surface area (Å²) in [5.74, 6) is -0.188. The summed E-state index contributed by atoms with van der Waals surface area (Å²) in [6.45, 7) is 2.51. The maximum Gasteiger partial charge on any atom is 0.420 e. The molecule has 13 heteroatoms. The van der Waals surface area contributed by atoms with Crippen molar-refractivity contribution in [3.63, 3.8) is 0 Å². The Hall–Kier alpha value is -4.78. The number of likely N-dealkylation sites (N-methyl/N-ethyl adjacent to an activating group) is 1. The van der Waals surface area contributed by atoms with Gasteiger partial charge in [-0.15, -0.1) is 0 Å². The van der Waals surface area contributed by atoms with Gasteiger partial charge in [-0.2, -0.15) is 13.2 Å². The van der Waals surface area contributed by atoms with Crippen molar-refractivity contribution < 1.29 is 27.2 Å². The van der Waals surface area contributed by atoms with Crippen LogP contribution < -0.4 is 11.1 Å². The molecule has 41 heavy (non-hydrogen) atoms. The number of aromatic nitrogens is 3. The molecule has 5 rings (SSSR count). The highest BCUT2D eigenvalue weighted by molar-refractivity contribution is 5.94. The van der Waals surface area contributed by atoms with E-state index in [9.17, 15) is 22.8 Å². The molecule has 10 nitrogen and oxygen atoms in total. The second-order valence-electron chi connectivity index (χ2n) is 9.61. The molecule has 3 N–H and O–H groups in total. The van der Waals surface area contributed by atoms with E-state index >= 15 is 0 Å². The average molecular weight is 566 g/mol. The molecule has 1 aromatic carbocycles. The third kappa shape index (κ3) is 6.52. The summed E-state index contributed by atoms with van der Waals surface area (Å²) in [5.41, 5.74) is 5.20. The van der Waals surface area contributed by atoms with Crippen LogP contribution in [0.4, 0.5) is 19.0 Å². The zero-order valence-corrected chi connectivity index (χ0v) is 22.0. The van der Waals surface area contributed by atoms with Crippen LogP contribution in [0.5, 0.6) is 0 Å². The molecule has 0 bridgehead atoms. The van der Waals surface area contributed by atoms with Crippen molar-refractivity contribution in [2.24, 2.45) is 0 Å². The lowest BCUT2D eigenvalue weighted by atomic mass is 10.1. The molecule has 3 aromatic heterocycles. The van der Waals surface area contributed by atoms with Crippen molar-refractivity contribution in [1.82, 2.24) is 30.1 Å². The number of furan rings is 1. The number of halogens is 3. The maximum atomic E-state index is 14.0. The van der Waals surface area contributed by atoms with Crippen molar-refractivity contribution >= 4 is 34.7 Å². The second-order valence-corrected chi connectivity index (χ2v) is 9.61. The van der Waals surface area contributed by atoms with E-state index in [2.05, 4.69) is 25.2 Å². The van der Waals surface area contributed by atoms with Gasteiger partial charge in [0, 0.05) is 61.8 Å². The van der Waals surface area contributed by atoms with Gasteiger partial charge < -0.3 is 25.3 Å². The van der Waals surface area contributed by atoms with Gasteiger partial charge >= 0.3 is 6.18 Å². The van der Waals surface area contributed by atoms with E-state index in [4.69, 9.17) is 10.2 Å². The average Bonchev–Trinajstić information content (AvgIpc) is 3.38. The van der Waals surface area contributed by atoms with Gasteiger partial charge in [-0.1, -0.05) is 0 Å². The largest absolute Gasteiger partial charge is 0.459 e. The van der Waals surface area contributed by atoms with Crippen molar-refractivity contribution in [2.45, 2.75) is 12.7 Å². The highest BCUT2D eigenvalue weighted by atomic mass is 19.4. The van der Waals surface area contributed by atoms with Crippen LogP contribution in [0.15, 0.2) is 59.4 Å². The van der Waals surface area contributed by atoms with Gasteiger partial charge in [0.05, 0.1) is 17.7 Å². The fraction of sp³-hybridized carbons (Fsp3) is 0.250. The second kappa shape index (κ2) is 11.4. The molecule has 4 heterocycles. The number of hydrogen-bond donors (Lipinski definition) is 2. The number of nitrogen functional groups attached to an aromatic ring is 1. The number of hydrogen-bond acceptors (Lipinski definition) is 8. The fourth-order valence-corrected chi connectivity index (χ4v) is 4.33. The standard InChI is InChI=1S/C28H26F3N7O3/c1-37-6-8-38(9-7-37)27(40)20-14-35-26(36-15-20)19-10-18-11-21(41-25(18)22(12-19)28(29,30)31)16-34-24(39)5-3-17-2-4-23(32)33-13-17/h2-5,10-15H,6-9,16H2,1H3,(H2,32,33)(H,34,39)/b5-3+. The van der Waals surface area contributed by atoms with Crippen LogP contribution in [0.1, 0.15) is 27.2 Å². The molecule has 212 valence electrons. The Labute approximate surface area is 232 Å². The third-order valence-electron chi connectivity index (χ3n) is 6.59. The Balaban J connectivity index is 1.34. The highest BCUT2D eigenvalue weighted by Crippen LogP contribution is 2.38. The molecule has 0 radical (unpaired) electrons. The van der Waals surface area contributed by atoms with Gasteiger partial charge in [-0.3, -0.25) is 9.59 Å². The molecular formula is C28H26F3N7O3. The van der Waals surface area contributed by atoms with Crippen LogP contribution in [0.25, 0.3) is 28.4 Å². The number of carbonyl (C=O) groups is 2. The van der Waals surface area contributed by atoms with E-state index in [-0.39, 0.29) is 46.1 Å². The molecule has 0 unspecified atom stereocenters. The normalized spacial score (nSPS) is 14.6. The molecule has 1 aliphatic rings. The van der Waals surface area contributed by atoms with E-state index < -0.39 is 17.6 Å². The van der Waals surface area contributed by atoms with Crippen LogP contribution in [0.3, 0.4) is 0 Å². The monoisotopic (exact) mass is 565 g/mol. The van der Waals surface area contributed by atoms with E-state index in [0.29, 0.717) is 24.5 Å². The molecular weight excluding hydrogens is 539 g/mol. The Bertz CT molecular complexity index is 1590. The number of fused-ring (bicyclic) bond motifs is 1. The molecule has 0 saturated carbocycles. The Morgan fingerprint density at radius 1 is 1.05 bits per heavy atom. The Kier molecular flexibility index (Phi) is 7.70. The summed E-state index contributed by atoms with van der Waals surface area (Å²) in [4.78, 5) is 41.1. The summed E-state index contributed by atoms with van der Waals surface area (Å²) in [6, 6.07) is 7.09. The predicted octanol–water partition coefficient (Wildman–Crippen LogP) is 3.60. The molecule has 2 amide bonds. The third-order valence-corrected chi connectivity index (χ3v) is 6.59. The van der Waals surface area contributed by atoms with Crippen LogP contribution in [0.2, 0.25) is 0 Å². The van der Waals surface area contributed by atoms with Crippen molar-refractivity contribution in [1.29, 1.82) is 0 Å². The van der Waals surface area contributed by atoms with Gasteiger partial charge in [0.2, 0.25) is 5.91 Å². The summed E-state index contributed by atoms with van der Waals surface area (Å²) in [7, 11) is 1.98. The zero-order valence-electron chi connectivity index (χ0n) is 22.0. The van der Waals surface area contributed by atoms with Crippen molar-refractivity contribution in [3.05, 3.63) is 77.4 Å². The van der Waals surface area contributed by atoms with Gasteiger partial charge in [-0.25, -0.2) is 15.0 Å². The predicted molar refractivity (Wildman–Crippen MR) is 145 cm³/mol. The quantitative estimate of drug-likeness (QED) is 0.339. The molecule has 1 saturated heterocycles. The van der Waals surface area contributed by atoms with Crippen LogP contribution in [0, 0.1) is 0 Å². The summed E-state index contributed by atoms with van der Waals surface area (Å²) < 4.78 is 47.4. The molecule has 1 aliphatic heterocycles. The number of carbonyl (C=O) groups excluding carboxylic acids is 2. The first-order valence-corrected chi connectivity index (χ1v) is 12.7. The Morgan fingerprint density at radius 3 is 2.44 bits per heavy atom. The molecule has 0 aliphatic carbocycles. The number of pyridine rings is 1. The first-order chi connectivity index (χ1) is 19.6. The van der Waals surface area contributed by atoms with Crippen molar-refractivity contribution in [3.8, 4) is 11.4 Å². The van der Waals surface area contributed by atoms with Crippen LogP contribution in [-0.2, 0) is 17.5 Å². The maximum absolute atomic E-state index is 14.0. The SMILES string of the molecule is CN1CCN(C(=O)c2cnc(-c3cc(C(F)(F)F)c4oc(CNC(=O)/C=C/c5ccc(N)nc5)cc4c3)nc2)CC1. The van der Waals surface area contributed by atoms with Gasteiger partial charge in [0.15, 0.2) is 5.82 Å². The van der Waals surface area contributed by atoms with Crippen LogP contribution >= 0.6 is 0 Å². The topological polar surface area (TPSA) is 130 Å². The number of piperazine rings is 1. The van der Waals surface area contributed by atoms with E-state index in [1.54, 1.807) is 17.0 Å². The first-order valence-electron chi connectivity index (χ1n) is 12.7. The minimum Gasteiger partial charge on any atom is -0.459 e. The van der Waals surface area contributed by atoms with E-state index in [0.717, 1.165) is 19.2 Å². The number of amides is 2. The lowest BCUT2D eigenvalue weighted by Crippen LogP contribution is -2.47. The lowest BCUT2D eigenvalue weighted by molar-refractivity contribution is -0.136. The highest BCUT2D eigenvalue weighted by Gasteiger charge is 2.35. The molecule has 0 atom stereocenters. The van der Waals surface area contributed by atoms with Gasteiger partial charge in [-0.05, 0) is 49.0 Å². The van der Waals surface area contributed by atoms with Crippen LogP contribution in [-0.4, -0.2) is 69.8 Å². The summed E-state index contributed by atoms with van der Waals surface area (Å²) >= 11 is 0. The van der Waals surface area contributed by atoms with E-state index in [1.807, 2.05) is 7.05 Å². The zero-order chi connectivity index (χ0) is 29.1. The fourth-order valence-electron chi connectivity index (χ4n) is 4.33. The van der Waals surface area contributed by atoms with E-state index in [1.165, 1.54) is 42.9 Å². The summed E-state index contributed by atoms with van der Waals surface area (Å²) in [5, 5.41) is 2.75. The lowest BCUT2D eigenvalue weighted by Gasteiger charge is -2.32. The number of nitrogens with one attached hydrogen (secondary N) is 1. The number of anilines is 1. The molecule has 4 aromatic rings. The van der Waals surface area contributed by atoms with Crippen molar-refractivity contribution in [2.75, 3.05) is 39.0 Å². The number of alkyl halides is 3. The minimum absolute atomic E-state index is 0.0330. The number of nitrogens with two attached hydrogens (primary N) is 1. The molecule has 1 fully saturated rings. The first kappa shape index (κ1) is 27.8. The molecule has 0 spiro atoms. The number of nitrogens with zero attached hydrogens (tertiary/aromatic N) is 5. The number of benzene rings is 1. The smallest absolute Gasteiger partial charge is 0.420 e.